The second-order valence-corrected chi connectivity index (χ2v) is 6.17. The molecular weight excluding hydrogens is 364 g/mol. The predicted molar refractivity (Wildman–Crippen MR) is 116 cm³/mol. The fraction of sp³-hybridized carbons (Fsp3) is 0.0870. The number of carbonyl (C=O) groups excluding carboxylic acids is 1. The highest BCUT2D eigenvalue weighted by Crippen LogP contribution is 2.17. The zero-order valence-electron chi connectivity index (χ0n) is 16.2. The quantitative estimate of drug-likeness (QED) is 0.587. The molecule has 6 nitrogen and oxygen atoms in total. The van der Waals surface area contributed by atoms with E-state index in [1.165, 1.54) is 10.9 Å². The summed E-state index contributed by atoms with van der Waals surface area (Å²) in [5.74, 6) is 1.04. The van der Waals surface area contributed by atoms with Crippen molar-refractivity contribution in [1.82, 2.24) is 20.1 Å². The molecule has 29 heavy (non-hydrogen) atoms. The Morgan fingerprint density at radius 1 is 1.24 bits per heavy atom. The molecule has 148 valence electrons. The van der Waals surface area contributed by atoms with Crippen LogP contribution in [0.3, 0.4) is 0 Å². The van der Waals surface area contributed by atoms with Gasteiger partial charge in [0.2, 0.25) is 0 Å². The van der Waals surface area contributed by atoms with Gasteiger partial charge < -0.3 is 10.1 Å². The lowest BCUT2D eigenvalue weighted by molar-refractivity contribution is 0.0951. The number of hydrogen-bond donors (Lipinski definition) is 1. The third-order valence-corrected chi connectivity index (χ3v) is 4.29. The summed E-state index contributed by atoms with van der Waals surface area (Å²) in [6, 6.07) is 11.4. The van der Waals surface area contributed by atoms with Crippen molar-refractivity contribution >= 4 is 11.5 Å². The average Bonchev–Trinajstić information content (AvgIpc) is 3.27. The third kappa shape index (κ3) is 4.87. The maximum absolute atomic E-state index is 12.4. The highest BCUT2D eigenvalue weighted by atomic mass is 16.5. The molecule has 2 heterocycles. The first-order valence-electron chi connectivity index (χ1n) is 9.02. The molecule has 0 bridgehead atoms. The summed E-state index contributed by atoms with van der Waals surface area (Å²) >= 11 is 0. The van der Waals surface area contributed by atoms with Crippen LogP contribution >= 0.6 is 0 Å². The van der Waals surface area contributed by atoms with Crippen molar-refractivity contribution in [2.45, 2.75) is 6.54 Å². The van der Waals surface area contributed by atoms with Gasteiger partial charge in [0.1, 0.15) is 5.75 Å². The molecule has 1 N–H and O–H groups in total. The van der Waals surface area contributed by atoms with E-state index in [1.54, 1.807) is 43.8 Å². The van der Waals surface area contributed by atoms with Crippen LogP contribution in [0.4, 0.5) is 0 Å². The van der Waals surface area contributed by atoms with E-state index < -0.39 is 0 Å². The van der Waals surface area contributed by atoms with E-state index in [0.717, 1.165) is 16.7 Å². The third-order valence-electron chi connectivity index (χ3n) is 4.29. The standard InChI is InChI=1S/C23H22N4O2.H2/c1-4-6-18(5-2)19-9-7-17(8-10-19)14-25-23(28)20-15-26-27(16-20)22-13-21(29-3)11-12-24-22;/h4-13,15-16H,1-2,14H2,3H3,(H,25,28);1H/b18-6+;. The fourth-order valence-corrected chi connectivity index (χ4v) is 2.73. The number of benzene rings is 1. The summed E-state index contributed by atoms with van der Waals surface area (Å²) in [6.07, 6.45) is 10.2. The van der Waals surface area contributed by atoms with Crippen LogP contribution < -0.4 is 10.1 Å². The molecule has 0 saturated carbocycles. The molecule has 0 fully saturated rings. The van der Waals surface area contributed by atoms with E-state index in [1.807, 2.05) is 30.3 Å². The van der Waals surface area contributed by atoms with Gasteiger partial charge in [-0.05, 0) is 22.8 Å². The number of methoxy groups -OCH3 is 1. The van der Waals surface area contributed by atoms with Gasteiger partial charge in [0, 0.05) is 26.4 Å². The van der Waals surface area contributed by atoms with Gasteiger partial charge in [-0.2, -0.15) is 5.10 Å². The second kappa shape index (κ2) is 9.32. The van der Waals surface area contributed by atoms with Crippen molar-refractivity contribution in [1.29, 1.82) is 0 Å². The van der Waals surface area contributed by atoms with Crippen LogP contribution in [0.25, 0.3) is 11.4 Å². The molecule has 0 aliphatic rings. The number of amides is 1. The van der Waals surface area contributed by atoms with Crippen molar-refractivity contribution in [3.8, 4) is 11.6 Å². The summed E-state index contributed by atoms with van der Waals surface area (Å²) in [7, 11) is 1.58. The van der Waals surface area contributed by atoms with Crippen molar-refractivity contribution in [3.63, 3.8) is 0 Å². The van der Waals surface area contributed by atoms with E-state index in [-0.39, 0.29) is 7.33 Å². The van der Waals surface area contributed by atoms with Crippen molar-refractivity contribution in [2.24, 2.45) is 0 Å². The van der Waals surface area contributed by atoms with Crippen LogP contribution in [0.15, 0.2) is 86.4 Å². The molecule has 0 radical (unpaired) electrons. The van der Waals surface area contributed by atoms with Gasteiger partial charge in [-0.3, -0.25) is 4.79 Å². The van der Waals surface area contributed by atoms with E-state index in [2.05, 4.69) is 28.6 Å². The van der Waals surface area contributed by atoms with E-state index in [0.29, 0.717) is 23.7 Å². The maximum Gasteiger partial charge on any atom is 0.254 e. The Bertz CT molecular complexity index is 1060. The minimum absolute atomic E-state index is 0. The normalized spacial score (nSPS) is 11.0. The molecule has 0 aliphatic carbocycles. The molecule has 1 aromatic carbocycles. The number of hydrogen-bond acceptors (Lipinski definition) is 4. The zero-order chi connectivity index (χ0) is 20.6. The molecule has 2 aromatic heterocycles. The first kappa shape index (κ1) is 19.8. The predicted octanol–water partition coefficient (Wildman–Crippen LogP) is 4.21. The Balaban J connectivity index is 0.00000320. The molecule has 3 rings (SSSR count). The number of pyridine rings is 1. The zero-order valence-corrected chi connectivity index (χ0v) is 16.2. The molecular formula is C23H24N4O2. The van der Waals surface area contributed by atoms with Gasteiger partial charge in [-0.15, -0.1) is 0 Å². The number of nitrogens with zero attached hydrogens (tertiary/aromatic N) is 3. The minimum Gasteiger partial charge on any atom is -0.497 e. The van der Waals surface area contributed by atoms with Gasteiger partial charge >= 0.3 is 0 Å². The molecule has 1 amide bonds. The van der Waals surface area contributed by atoms with Crippen molar-refractivity contribution in [2.75, 3.05) is 7.11 Å². The monoisotopic (exact) mass is 388 g/mol. The molecule has 6 heteroatoms. The molecule has 0 saturated heterocycles. The highest BCUT2D eigenvalue weighted by molar-refractivity contribution is 5.93. The van der Waals surface area contributed by atoms with Gasteiger partial charge in [0.25, 0.3) is 5.91 Å². The molecule has 3 aromatic rings. The topological polar surface area (TPSA) is 69.0 Å². The van der Waals surface area contributed by atoms with Gasteiger partial charge in [-0.1, -0.05) is 55.7 Å². The smallest absolute Gasteiger partial charge is 0.254 e. The van der Waals surface area contributed by atoms with Gasteiger partial charge in [0.15, 0.2) is 5.82 Å². The second-order valence-electron chi connectivity index (χ2n) is 6.17. The first-order valence-corrected chi connectivity index (χ1v) is 9.02. The summed E-state index contributed by atoms with van der Waals surface area (Å²) < 4.78 is 6.72. The SMILES string of the molecule is C=C/C=C(\C=C)c1ccc(CNC(=O)c2cnn(-c3cc(OC)ccn3)c2)cc1.[HH]. The van der Waals surface area contributed by atoms with Crippen LogP contribution in [-0.4, -0.2) is 27.8 Å². The Morgan fingerprint density at radius 2 is 2.03 bits per heavy atom. The molecule has 0 atom stereocenters. The lowest BCUT2D eigenvalue weighted by Gasteiger charge is -2.06. The molecule has 0 aliphatic heterocycles. The Morgan fingerprint density at radius 3 is 2.72 bits per heavy atom. The lowest BCUT2D eigenvalue weighted by atomic mass is 10.0. The molecule has 0 spiro atoms. The van der Waals surface area contributed by atoms with Gasteiger partial charge in [0.05, 0.1) is 18.9 Å². The number of rotatable bonds is 8. The van der Waals surface area contributed by atoms with E-state index >= 15 is 0 Å². The van der Waals surface area contributed by atoms with Crippen LogP contribution in [-0.2, 0) is 6.54 Å². The number of allylic oxidation sites excluding steroid dienone is 4. The van der Waals surface area contributed by atoms with Crippen molar-refractivity contribution in [3.05, 3.63) is 103 Å². The first-order chi connectivity index (χ1) is 14.1. The number of carbonyl (C=O) groups is 1. The fourth-order valence-electron chi connectivity index (χ4n) is 2.73. The Kier molecular flexibility index (Phi) is 6.37. The Hall–Kier alpha value is -3.93. The van der Waals surface area contributed by atoms with E-state index in [4.69, 9.17) is 4.74 Å². The van der Waals surface area contributed by atoms with Crippen LogP contribution in [0.2, 0.25) is 0 Å². The lowest BCUT2D eigenvalue weighted by Crippen LogP contribution is -2.22. The number of aromatic nitrogens is 3. The minimum atomic E-state index is -0.207. The maximum atomic E-state index is 12.4. The summed E-state index contributed by atoms with van der Waals surface area (Å²) in [5.41, 5.74) is 3.48. The van der Waals surface area contributed by atoms with Gasteiger partial charge in [-0.25, -0.2) is 9.67 Å². The van der Waals surface area contributed by atoms with Crippen LogP contribution in [0, 0.1) is 0 Å². The van der Waals surface area contributed by atoms with Crippen molar-refractivity contribution < 1.29 is 11.0 Å². The number of nitrogens with one attached hydrogen (secondary N) is 1. The summed E-state index contributed by atoms with van der Waals surface area (Å²) in [5, 5.41) is 7.11. The summed E-state index contributed by atoms with van der Waals surface area (Å²) in [4.78, 5) is 16.7. The molecule has 0 unspecified atom stereocenters. The van der Waals surface area contributed by atoms with E-state index in [9.17, 15) is 4.79 Å². The average molecular weight is 388 g/mol. The Labute approximate surface area is 171 Å². The van der Waals surface area contributed by atoms with Crippen LogP contribution in [0.1, 0.15) is 22.9 Å². The van der Waals surface area contributed by atoms with Crippen LogP contribution in [0.5, 0.6) is 5.75 Å². The highest BCUT2D eigenvalue weighted by Gasteiger charge is 2.10. The summed E-state index contributed by atoms with van der Waals surface area (Å²) in [6.45, 7) is 7.94. The largest absolute Gasteiger partial charge is 0.497 e. The number of ether oxygens (including phenoxy) is 1.